The minimum Gasteiger partial charge on any atom is -0.870 e. The first-order valence-corrected chi connectivity index (χ1v) is 10.7. The predicted molar refractivity (Wildman–Crippen MR) is 121 cm³/mol. The van der Waals surface area contributed by atoms with Crippen molar-refractivity contribution in [3.63, 3.8) is 0 Å². The molecule has 0 saturated carbocycles. The average Bonchev–Trinajstić information content (AvgIpc) is 2.93. The number of nitrogens with zero attached hydrogens (tertiary/aromatic N) is 4. The van der Waals surface area contributed by atoms with Crippen LogP contribution in [0, 0.1) is 0 Å². The smallest absolute Gasteiger partial charge is 0.870 e. The van der Waals surface area contributed by atoms with E-state index in [2.05, 4.69) is 19.9 Å². The number of aromatic nitrogens is 4. The van der Waals surface area contributed by atoms with Crippen molar-refractivity contribution in [2.24, 2.45) is 0 Å². The molecule has 0 fully saturated rings. The van der Waals surface area contributed by atoms with E-state index in [9.17, 15) is 39.5 Å². The number of hydrogen-bond acceptors (Lipinski definition) is 11. The summed E-state index contributed by atoms with van der Waals surface area (Å²) in [5.74, 6) is -9.02. The van der Waals surface area contributed by atoms with Gasteiger partial charge in [-0.25, -0.2) is 9.97 Å². The second kappa shape index (κ2) is 19.9. The topological polar surface area (TPSA) is 202 Å². The van der Waals surface area contributed by atoms with Crippen LogP contribution in [0.15, 0.2) is 73.1 Å². The molecule has 2 radical (unpaired) electrons. The molecule has 0 amide bonds. The number of hydrogen-bond donors (Lipinski definition) is 0. The van der Waals surface area contributed by atoms with Crippen LogP contribution in [0.4, 0.5) is 39.5 Å². The van der Waals surface area contributed by atoms with Gasteiger partial charge in [-0.15, -0.1) is 0 Å². The number of pyridine rings is 4. The van der Waals surface area contributed by atoms with E-state index in [1.807, 2.05) is 60.7 Å². The van der Waals surface area contributed by atoms with Gasteiger partial charge in [0.1, 0.15) is 17.9 Å². The molecule has 46 heavy (non-hydrogen) atoms. The van der Waals surface area contributed by atoms with Gasteiger partial charge in [0.2, 0.25) is 0 Å². The summed E-state index contributed by atoms with van der Waals surface area (Å²) in [6.07, 6.45) is -12.1. The zero-order valence-electron chi connectivity index (χ0n) is 21.6. The number of fused-ring (bicyclic) bond motifs is 1. The van der Waals surface area contributed by atoms with E-state index in [-0.39, 0.29) is 39.6 Å². The van der Waals surface area contributed by atoms with Crippen LogP contribution in [0.5, 0.6) is 0 Å². The van der Waals surface area contributed by atoms with Gasteiger partial charge in [0.05, 0.1) is 22.8 Å². The molecule has 0 bridgehead atoms. The SMILES string of the molecule is O=C([O-])C(F)(F)F.O=C([O-])C(F)(F)F.O=C([O-])C(F)(F)F.[Cu+2].[Cu+2].[OH-].c1ccc(-c2ccc3ccc(-c4ccccn4)nc3n2)nc1. The van der Waals surface area contributed by atoms with E-state index in [0.29, 0.717) is 5.65 Å². The van der Waals surface area contributed by atoms with Gasteiger partial charge in [0.15, 0.2) is 5.65 Å². The van der Waals surface area contributed by atoms with Crippen LogP contribution in [-0.4, -0.2) is 61.8 Å². The molecule has 256 valence electrons. The van der Waals surface area contributed by atoms with Crippen molar-refractivity contribution in [3.8, 4) is 22.8 Å². The summed E-state index contributed by atoms with van der Waals surface area (Å²) < 4.78 is 94.6. The first-order chi connectivity index (χ1) is 19.7. The molecule has 1 N–H and O–H groups in total. The Morgan fingerprint density at radius 2 is 0.783 bits per heavy atom. The summed E-state index contributed by atoms with van der Waals surface area (Å²) in [6.45, 7) is 0. The third-order valence-electron chi connectivity index (χ3n) is 4.10. The van der Waals surface area contributed by atoms with Crippen molar-refractivity contribution in [1.29, 1.82) is 0 Å². The molecule has 0 atom stereocenters. The third kappa shape index (κ3) is 16.6. The maximum absolute atomic E-state index is 10.5. The molecule has 0 unspecified atom stereocenters. The Morgan fingerprint density at radius 1 is 0.500 bits per heavy atom. The fraction of sp³-hybridized carbons (Fsp3) is 0.125. The molecule has 11 nitrogen and oxygen atoms in total. The average molecular weight is 767 g/mol. The normalized spacial score (nSPS) is 10.3. The Morgan fingerprint density at radius 3 is 1.00 bits per heavy atom. The zero-order chi connectivity index (χ0) is 33.0. The number of halogens is 9. The molecule has 0 aliphatic rings. The monoisotopic (exact) mass is 766 g/mol. The molecular weight excluding hydrogens is 754 g/mol. The number of carbonyl (C=O) groups excluding carboxylic acids is 3. The Bertz CT molecular complexity index is 1400. The standard InChI is InChI=1S/C18H12N4.3C2HF3O2.2Cu.H2O/c1-3-11-19-14(5-1)16-9-7-13-8-10-17(22-18(13)21-16)15-6-2-4-12-20-15;3*3-2(4,5)1(6)7;;;/h1-12H;3*(H,6,7);;;1H2/q;;;;2*+2;/p-4. The first kappa shape index (κ1) is 46.1. The van der Waals surface area contributed by atoms with Crippen LogP contribution in [0.2, 0.25) is 0 Å². The summed E-state index contributed by atoms with van der Waals surface area (Å²) in [4.78, 5) is 44.3. The van der Waals surface area contributed by atoms with E-state index in [0.717, 1.165) is 28.2 Å². The fourth-order valence-electron chi connectivity index (χ4n) is 2.31. The minimum atomic E-state index is -5.19. The molecule has 4 heterocycles. The maximum atomic E-state index is 10.5. The summed E-state index contributed by atoms with van der Waals surface area (Å²) in [7, 11) is 0. The van der Waals surface area contributed by atoms with Crippen LogP contribution in [0.1, 0.15) is 0 Å². The number of aliphatic carboxylic acids is 3. The molecule has 4 aromatic rings. The molecule has 0 aromatic carbocycles. The molecule has 4 rings (SSSR count). The largest absolute Gasteiger partial charge is 2.00 e. The summed E-state index contributed by atoms with van der Waals surface area (Å²) in [6, 6.07) is 19.5. The van der Waals surface area contributed by atoms with Crippen LogP contribution < -0.4 is 15.3 Å². The van der Waals surface area contributed by atoms with Crippen LogP contribution in [0.25, 0.3) is 33.8 Å². The number of carboxylic acid groups (broad SMARTS) is 3. The predicted octanol–water partition coefficient (Wildman–Crippen LogP) is 1.47. The van der Waals surface area contributed by atoms with Gasteiger partial charge in [-0.2, -0.15) is 39.5 Å². The summed E-state index contributed by atoms with van der Waals surface area (Å²) in [5, 5.41) is 27.4. The van der Waals surface area contributed by atoms with Gasteiger partial charge in [-0.1, -0.05) is 12.1 Å². The van der Waals surface area contributed by atoms with Gasteiger partial charge in [0.25, 0.3) is 0 Å². The van der Waals surface area contributed by atoms with Crippen molar-refractivity contribution in [2.45, 2.75) is 18.5 Å². The molecule has 0 aliphatic heterocycles. The van der Waals surface area contributed by atoms with Crippen molar-refractivity contribution in [3.05, 3.63) is 73.1 Å². The molecule has 0 saturated heterocycles. The van der Waals surface area contributed by atoms with Gasteiger partial charge in [-0.05, 0) is 48.5 Å². The van der Waals surface area contributed by atoms with Crippen molar-refractivity contribution in [2.75, 3.05) is 0 Å². The zero-order valence-corrected chi connectivity index (χ0v) is 23.5. The van der Waals surface area contributed by atoms with Crippen LogP contribution in [-0.2, 0) is 48.5 Å². The Hall–Kier alpha value is -4.36. The van der Waals surface area contributed by atoms with Gasteiger partial charge >= 0.3 is 52.7 Å². The van der Waals surface area contributed by atoms with Gasteiger partial charge in [-0.3, -0.25) is 9.97 Å². The van der Waals surface area contributed by atoms with Crippen LogP contribution in [0.3, 0.4) is 0 Å². The minimum absolute atomic E-state index is 0. The Labute approximate surface area is 271 Å². The van der Waals surface area contributed by atoms with Crippen LogP contribution >= 0.6 is 0 Å². The van der Waals surface area contributed by atoms with Crippen molar-refractivity contribution < 1.29 is 109 Å². The summed E-state index contributed by atoms with van der Waals surface area (Å²) in [5.41, 5.74) is 4.02. The number of alkyl halides is 9. The molecule has 0 aliphatic carbocycles. The molecule has 22 heteroatoms. The van der Waals surface area contributed by atoms with E-state index in [1.54, 1.807) is 12.4 Å². The van der Waals surface area contributed by atoms with E-state index >= 15 is 0 Å². The third-order valence-corrected chi connectivity index (χ3v) is 4.10. The van der Waals surface area contributed by atoms with E-state index < -0.39 is 36.4 Å². The summed E-state index contributed by atoms with van der Waals surface area (Å²) >= 11 is 0. The first-order valence-electron chi connectivity index (χ1n) is 10.7. The fourth-order valence-corrected chi connectivity index (χ4v) is 2.31. The molecule has 0 spiro atoms. The van der Waals surface area contributed by atoms with Gasteiger partial charge < -0.3 is 35.2 Å². The van der Waals surface area contributed by atoms with Crippen molar-refractivity contribution >= 4 is 28.9 Å². The Kier molecular flexibility index (Phi) is 19.9. The molecular formula is C24H13Cu2F9N4O7. The number of carboxylic acids is 3. The second-order valence-electron chi connectivity index (χ2n) is 7.23. The van der Waals surface area contributed by atoms with Crippen molar-refractivity contribution in [1.82, 2.24) is 19.9 Å². The van der Waals surface area contributed by atoms with Gasteiger partial charge in [0, 0.05) is 17.8 Å². The molecule has 4 aromatic heterocycles. The Balaban J connectivity index is -0.000000646. The second-order valence-corrected chi connectivity index (χ2v) is 7.23. The number of rotatable bonds is 2. The van der Waals surface area contributed by atoms with E-state index in [4.69, 9.17) is 29.7 Å². The number of carbonyl (C=O) groups is 3. The maximum Gasteiger partial charge on any atom is 2.00 e. The quantitative estimate of drug-likeness (QED) is 0.211. The van der Waals surface area contributed by atoms with E-state index in [1.165, 1.54) is 0 Å².